The second kappa shape index (κ2) is 5.38. The molecule has 0 aromatic rings. The van der Waals surface area contributed by atoms with Gasteiger partial charge in [0, 0.05) is 19.1 Å². The summed E-state index contributed by atoms with van der Waals surface area (Å²) in [6.45, 7) is 7.27. The standard InChI is InChI=1S/C14H26N2O/c1-3-7-14(8-9-15-11-14)13(17)16-10-5-4-6-12(16)2/h12,15H,3-11H2,1-2H3. The van der Waals surface area contributed by atoms with E-state index in [9.17, 15) is 4.79 Å². The summed E-state index contributed by atoms with van der Waals surface area (Å²) in [5.41, 5.74) is -0.0830. The van der Waals surface area contributed by atoms with Gasteiger partial charge in [0.05, 0.1) is 5.41 Å². The van der Waals surface area contributed by atoms with E-state index in [0.717, 1.165) is 38.9 Å². The molecule has 0 saturated carbocycles. The van der Waals surface area contributed by atoms with E-state index in [1.54, 1.807) is 0 Å². The molecule has 0 spiro atoms. The molecule has 3 heteroatoms. The van der Waals surface area contributed by atoms with Crippen LogP contribution in [-0.2, 0) is 4.79 Å². The number of piperidine rings is 1. The third kappa shape index (κ3) is 2.49. The summed E-state index contributed by atoms with van der Waals surface area (Å²) < 4.78 is 0. The minimum atomic E-state index is -0.0830. The van der Waals surface area contributed by atoms with Gasteiger partial charge in [0.15, 0.2) is 0 Å². The summed E-state index contributed by atoms with van der Waals surface area (Å²) in [5, 5.41) is 3.39. The van der Waals surface area contributed by atoms with Crippen molar-refractivity contribution in [2.24, 2.45) is 5.41 Å². The molecule has 0 aromatic heterocycles. The van der Waals surface area contributed by atoms with Crippen LogP contribution in [-0.4, -0.2) is 36.5 Å². The molecule has 2 rings (SSSR count). The topological polar surface area (TPSA) is 32.3 Å². The van der Waals surface area contributed by atoms with Crippen LogP contribution in [0.1, 0.15) is 52.4 Å². The molecule has 2 heterocycles. The van der Waals surface area contributed by atoms with Crippen molar-refractivity contribution in [1.29, 1.82) is 0 Å². The lowest BCUT2D eigenvalue weighted by molar-refractivity contribution is -0.145. The van der Waals surface area contributed by atoms with Gasteiger partial charge in [-0.1, -0.05) is 13.3 Å². The Kier molecular flexibility index (Phi) is 4.08. The number of likely N-dealkylation sites (tertiary alicyclic amines) is 1. The molecule has 0 bridgehead atoms. The first kappa shape index (κ1) is 12.9. The molecule has 2 atom stereocenters. The third-order valence-corrected chi connectivity index (χ3v) is 4.49. The molecule has 0 radical (unpaired) electrons. The molecule has 17 heavy (non-hydrogen) atoms. The van der Waals surface area contributed by atoms with Crippen LogP contribution >= 0.6 is 0 Å². The second-order valence-electron chi connectivity index (χ2n) is 5.80. The van der Waals surface area contributed by atoms with E-state index in [1.165, 1.54) is 19.3 Å². The highest BCUT2D eigenvalue weighted by atomic mass is 16.2. The average Bonchev–Trinajstić information content (AvgIpc) is 2.79. The molecule has 0 aliphatic carbocycles. The molecule has 1 N–H and O–H groups in total. The van der Waals surface area contributed by atoms with Crippen LogP contribution in [0.3, 0.4) is 0 Å². The summed E-state index contributed by atoms with van der Waals surface area (Å²) in [7, 11) is 0. The highest BCUT2D eigenvalue weighted by molar-refractivity contribution is 5.83. The summed E-state index contributed by atoms with van der Waals surface area (Å²) in [6.07, 6.45) is 6.83. The Hall–Kier alpha value is -0.570. The summed E-state index contributed by atoms with van der Waals surface area (Å²) in [6, 6.07) is 0.450. The fourth-order valence-electron chi connectivity index (χ4n) is 3.43. The second-order valence-corrected chi connectivity index (χ2v) is 5.80. The summed E-state index contributed by atoms with van der Waals surface area (Å²) in [4.78, 5) is 15.0. The minimum absolute atomic E-state index is 0.0830. The van der Waals surface area contributed by atoms with E-state index in [-0.39, 0.29) is 5.41 Å². The molecule has 2 fully saturated rings. The number of carbonyl (C=O) groups is 1. The van der Waals surface area contributed by atoms with E-state index in [1.807, 2.05) is 0 Å². The normalized spacial score (nSPS) is 34.0. The molecule has 2 aliphatic heterocycles. The highest BCUT2D eigenvalue weighted by Gasteiger charge is 2.43. The van der Waals surface area contributed by atoms with Crippen LogP contribution < -0.4 is 5.32 Å². The zero-order valence-electron chi connectivity index (χ0n) is 11.3. The van der Waals surface area contributed by atoms with Crippen molar-refractivity contribution in [3.05, 3.63) is 0 Å². The highest BCUT2D eigenvalue weighted by Crippen LogP contribution is 2.35. The zero-order valence-corrected chi connectivity index (χ0v) is 11.3. The molecule has 2 aliphatic rings. The maximum Gasteiger partial charge on any atom is 0.230 e. The van der Waals surface area contributed by atoms with Crippen molar-refractivity contribution in [3.8, 4) is 0 Å². The number of amides is 1. The lowest BCUT2D eigenvalue weighted by atomic mass is 9.80. The van der Waals surface area contributed by atoms with Crippen LogP contribution in [0.2, 0.25) is 0 Å². The van der Waals surface area contributed by atoms with E-state index in [2.05, 4.69) is 24.1 Å². The van der Waals surface area contributed by atoms with Gasteiger partial charge in [0.25, 0.3) is 0 Å². The molecular formula is C14H26N2O. The Morgan fingerprint density at radius 2 is 2.29 bits per heavy atom. The quantitative estimate of drug-likeness (QED) is 0.817. The Morgan fingerprint density at radius 1 is 1.47 bits per heavy atom. The predicted molar refractivity (Wildman–Crippen MR) is 69.9 cm³/mol. The van der Waals surface area contributed by atoms with Crippen LogP contribution in [0, 0.1) is 5.41 Å². The number of rotatable bonds is 3. The van der Waals surface area contributed by atoms with Gasteiger partial charge in [-0.2, -0.15) is 0 Å². The summed E-state index contributed by atoms with van der Waals surface area (Å²) in [5.74, 6) is 0.427. The van der Waals surface area contributed by atoms with Gasteiger partial charge in [-0.25, -0.2) is 0 Å². The van der Waals surface area contributed by atoms with Gasteiger partial charge >= 0.3 is 0 Å². The third-order valence-electron chi connectivity index (χ3n) is 4.49. The SMILES string of the molecule is CCCC1(C(=O)N2CCCCC2C)CCNC1. The molecule has 0 aromatic carbocycles. The first-order chi connectivity index (χ1) is 8.19. The van der Waals surface area contributed by atoms with Gasteiger partial charge in [-0.3, -0.25) is 4.79 Å². The Labute approximate surface area is 105 Å². The Bertz CT molecular complexity index is 271. The van der Waals surface area contributed by atoms with Crippen molar-refractivity contribution < 1.29 is 4.79 Å². The van der Waals surface area contributed by atoms with Gasteiger partial charge < -0.3 is 10.2 Å². The maximum atomic E-state index is 12.8. The fourth-order valence-corrected chi connectivity index (χ4v) is 3.43. The van der Waals surface area contributed by atoms with E-state index >= 15 is 0 Å². The Morgan fingerprint density at radius 3 is 2.88 bits per heavy atom. The van der Waals surface area contributed by atoms with Crippen LogP contribution in [0.5, 0.6) is 0 Å². The predicted octanol–water partition coefficient (Wildman–Crippen LogP) is 2.17. The lowest BCUT2D eigenvalue weighted by Crippen LogP contribution is -2.50. The van der Waals surface area contributed by atoms with Gasteiger partial charge in [0.2, 0.25) is 5.91 Å². The van der Waals surface area contributed by atoms with Gasteiger partial charge in [-0.05, 0) is 45.6 Å². The van der Waals surface area contributed by atoms with Crippen LogP contribution in [0.25, 0.3) is 0 Å². The van der Waals surface area contributed by atoms with Gasteiger partial charge in [-0.15, -0.1) is 0 Å². The van der Waals surface area contributed by atoms with Crippen molar-refractivity contribution in [3.63, 3.8) is 0 Å². The Balaban J connectivity index is 2.10. The number of hydrogen-bond donors (Lipinski definition) is 1. The minimum Gasteiger partial charge on any atom is -0.339 e. The van der Waals surface area contributed by atoms with Gasteiger partial charge in [0.1, 0.15) is 0 Å². The fraction of sp³-hybridized carbons (Fsp3) is 0.929. The van der Waals surface area contributed by atoms with Crippen LogP contribution in [0.4, 0.5) is 0 Å². The smallest absolute Gasteiger partial charge is 0.230 e. The molecule has 98 valence electrons. The van der Waals surface area contributed by atoms with Crippen LogP contribution in [0.15, 0.2) is 0 Å². The van der Waals surface area contributed by atoms with Crippen molar-refractivity contribution in [2.75, 3.05) is 19.6 Å². The average molecular weight is 238 g/mol. The molecular weight excluding hydrogens is 212 g/mol. The molecule has 1 amide bonds. The van der Waals surface area contributed by atoms with E-state index in [0.29, 0.717) is 11.9 Å². The van der Waals surface area contributed by atoms with E-state index < -0.39 is 0 Å². The largest absolute Gasteiger partial charge is 0.339 e. The number of hydrogen-bond acceptors (Lipinski definition) is 2. The number of nitrogens with one attached hydrogen (secondary N) is 1. The summed E-state index contributed by atoms with van der Waals surface area (Å²) >= 11 is 0. The molecule has 2 unspecified atom stereocenters. The molecule has 3 nitrogen and oxygen atoms in total. The van der Waals surface area contributed by atoms with Crippen molar-refractivity contribution in [1.82, 2.24) is 10.2 Å². The van der Waals surface area contributed by atoms with Crippen molar-refractivity contribution >= 4 is 5.91 Å². The first-order valence-corrected chi connectivity index (χ1v) is 7.21. The van der Waals surface area contributed by atoms with Crippen molar-refractivity contribution in [2.45, 2.75) is 58.4 Å². The zero-order chi connectivity index (χ0) is 12.3. The molecule has 2 saturated heterocycles. The monoisotopic (exact) mass is 238 g/mol. The van der Waals surface area contributed by atoms with E-state index in [4.69, 9.17) is 0 Å². The lowest BCUT2D eigenvalue weighted by Gasteiger charge is -2.40. The number of carbonyl (C=O) groups excluding carboxylic acids is 1. The number of nitrogens with zero attached hydrogens (tertiary/aromatic N) is 1. The maximum absolute atomic E-state index is 12.8. The first-order valence-electron chi connectivity index (χ1n) is 7.21.